The number of amides is 1. The quantitative estimate of drug-likeness (QED) is 0.242. The molecule has 1 atom stereocenters. The van der Waals surface area contributed by atoms with Crippen molar-refractivity contribution in [3.8, 4) is 11.3 Å². The second-order valence-corrected chi connectivity index (χ2v) is 11.4. The minimum atomic E-state index is -0.467. The van der Waals surface area contributed by atoms with Gasteiger partial charge in [0, 0.05) is 75.2 Å². The van der Waals surface area contributed by atoms with Crippen LogP contribution in [0.4, 0.5) is 5.82 Å². The molecule has 6 heterocycles. The third-order valence-electron chi connectivity index (χ3n) is 8.63. The SMILES string of the molecule is CCOC(=O)c1cnn2c(N(C)Cc3ccccc3)cc(-c3cn([C@H]4CC(=O)N(C5CCOCC5)C4)c4ncccc34)nc12. The van der Waals surface area contributed by atoms with Crippen molar-refractivity contribution in [3.63, 3.8) is 0 Å². The summed E-state index contributed by atoms with van der Waals surface area (Å²) in [7, 11) is 2.00. The highest BCUT2D eigenvalue weighted by molar-refractivity contribution is 5.98. The standard InChI is InChI=1S/C33H35N7O4/c1-3-44-33(42)26-18-35-40-29(37(2)19-22-8-5-4-6-9-22)17-28(36-32(26)40)27-21-39(31-25(27)10-7-13-34-31)24-16-30(41)38(20-24)23-11-14-43-15-12-23/h4-10,13,17-18,21,23-24H,3,11-12,14-16,19-20H2,1-2H3/t24-/m0/s1. The zero-order valence-corrected chi connectivity index (χ0v) is 24.9. The predicted molar refractivity (Wildman–Crippen MR) is 165 cm³/mol. The molecule has 0 radical (unpaired) electrons. The molecule has 0 N–H and O–H groups in total. The average molecular weight is 594 g/mol. The summed E-state index contributed by atoms with van der Waals surface area (Å²) in [5.41, 5.74) is 4.22. The molecule has 7 rings (SSSR count). The Morgan fingerprint density at radius 2 is 1.91 bits per heavy atom. The Balaban J connectivity index is 1.33. The number of esters is 1. The Labute approximate surface area is 255 Å². The topological polar surface area (TPSA) is 107 Å². The van der Waals surface area contributed by atoms with Gasteiger partial charge in [-0.15, -0.1) is 0 Å². The number of nitrogens with zero attached hydrogens (tertiary/aromatic N) is 7. The molecule has 0 spiro atoms. The molecule has 11 heteroatoms. The average Bonchev–Trinajstić information content (AvgIpc) is 3.76. The van der Waals surface area contributed by atoms with Crippen molar-refractivity contribution in [1.82, 2.24) is 29.0 Å². The van der Waals surface area contributed by atoms with Crippen LogP contribution >= 0.6 is 0 Å². The van der Waals surface area contributed by atoms with Crippen LogP contribution in [0.1, 0.15) is 48.1 Å². The van der Waals surface area contributed by atoms with Crippen molar-refractivity contribution in [2.45, 2.75) is 44.8 Å². The Kier molecular flexibility index (Phi) is 7.47. The third-order valence-corrected chi connectivity index (χ3v) is 8.63. The molecule has 2 aliphatic rings. The number of carbonyl (C=O) groups excluding carboxylic acids is 2. The van der Waals surface area contributed by atoms with Gasteiger partial charge in [0.1, 0.15) is 17.0 Å². The van der Waals surface area contributed by atoms with Crippen molar-refractivity contribution in [1.29, 1.82) is 0 Å². The number of pyridine rings is 1. The van der Waals surface area contributed by atoms with E-state index < -0.39 is 5.97 Å². The van der Waals surface area contributed by atoms with Gasteiger partial charge in [-0.1, -0.05) is 30.3 Å². The summed E-state index contributed by atoms with van der Waals surface area (Å²) in [6.07, 6.45) is 7.51. The minimum absolute atomic E-state index is 0.0505. The maximum Gasteiger partial charge on any atom is 0.343 e. The highest BCUT2D eigenvalue weighted by Crippen LogP contribution is 2.36. The van der Waals surface area contributed by atoms with Gasteiger partial charge in [0.05, 0.1) is 24.5 Å². The summed E-state index contributed by atoms with van der Waals surface area (Å²) in [6.45, 7) is 4.67. The molecule has 1 amide bonds. The second-order valence-electron chi connectivity index (χ2n) is 11.4. The van der Waals surface area contributed by atoms with Gasteiger partial charge < -0.3 is 23.8 Å². The van der Waals surface area contributed by atoms with E-state index >= 15 is 0 Å². The molecule has 0 saturated carbocycles. The zero-order chi connectivity index (χ0) is 30.2. The largest absolute Gasteiger partial charge is 0.462 e. The molecule has 226 valence electrons. The molecule has 0 aliphatic carbocycles. The lowest BCUT2D eigenvalue weighted by atomic mass is 10.1. The summed E-state index contributed by atoms with van der Waals surface area (Å²) in [6, 6.07) is 16.3. The molecule has 0 bridgehead atoms. The van der Waals surface area contributed by atoms with Crippen molar-refractivity contribution < 1.29 is 19.1 Å². The molecule has 1 aromatic carbocycles. The Morgan fingerprint density at radius 1 is 1.09 bits per heavy atom. The van der Waals surface area contributed by atoms with E-state index in [1.165, 1.54) is 6.20 Å². The summed E-state index contributed by atoms with van der Waals surface area (Å²) in [5.74, 6) is 0.477. The van der Waals surface area contributed by atoms with E-state index in [0.717, 1.165) is 40.8 Å². The number of rotatable bonds is 8. The van der Waals surface area contributed by atoms with Crippen molar-refractivity contribution >= 4 is 34.4 Å². The van der Waals surface area contributed by atoms with Gasteiger partial charge >= 0.3 is 5.97 Å². The summed E-state index contributed by atoms with van der Waals surface area (Å²) in [5, 5.41) is 5.48. The lowest BCUT2D eigenvalue weighted by molar-refractivity contribution is -0.131. The molecule has 2 saturated heterocycles. The van der Waals surface area contributed by atoms with Gasteiger partial charge in [0.25, 0.3) is 0 Å². The number of hydrogen-bond acceptors (Lipinski definition) is 8. The fourth-order valence-electron chi connectivity index (χ4n) is 6.46. The maximum atomic E-state index is 13.2. The Bertz CT molecular complexity index is 1830. The van der Waals surface area contributed by atoms with Crippen LogP contribution in [0.25, 0.3) is 27.9 Å². The van der Waals surface area contributed by atoms with E-state index in [1.54, 1.807) is 17.6 Å². The van der Waals surface area contributed by atoms with E-state index in [-0.39, 0.29) is 24.6 Å². The van der Waals surface area contributed by atoms with Crippen molar-refractivity contribution in [2.75, 3.05) is 38.3 Å². The van der Waals surface area contributed by atoms with Crippen molar-refractivity contribution in [2.24, 2.45) is 0 Å². The molecule has 5 aromatic rings. The van der Waals surface area contributed by atoms with Gasteiger partial charge in [-0.25, -0.2) is 14.8 Å². The highest BCUT2D eigenvalue weighted by Gasteiger charge is 2.37. The second kappa shape index (κ2) is 11.7. The number of aromatic nitrogens is 5. The van der Waals surface area contributed by atoms with E-state index in [1.807, 2.05) is 48.3 Å². The van der Waals surface area contributed by atoms with E-state index in [0.29, 0.717) is 49.6 Å². The number of anilines is 1. The number of hydrogen-bond donors (Lipinski definition) is 0. The number of ether oxygens (including phenoxy) is 2. The van der Waals surface area contributed by atoms with E-state index in [2.05, 4.69) is 32.9 Å². The Hall–Kier alpha value is -4.77. The first kappa shape index (κ1) is 28.0. The lowest BCUT2D eigenvalue weighted by Gasteiger charge is -2.31. The van der Waals surface area contributed by atoms with Crippen LogP contribution in [-0.4, -0.2) is 80.4 Å². The van der Waals surface area contributed by atoms with Crippen LogP contribution in [0.15, 0.2) is 67.1 Å². The minimum Gasteiger partial charge on any atom is -0.462 e. The first-order valence-electron chi connectivity index (χ1n) is 15.2. The molecule has 2 fully saturated rings. The molecule has 2 aliphatic heterocycles. The van der Waals surface area contributed by atoms with Gasteiger partial charge in [-0.3, -0.25) is 4.79 Å². The van der Waals surface area contributed by atoms with Gasteiger partial charge in [0.15, 0.2) is 5.65 Å². The first-order valence-corrected chi connectivity index (χ1v) is 15.2. The smallest absolute Gasteiger partial charge is 0.343 e. The first-order chi connectivity index (χ1) is 21.5. The Morgan fingerprint density at radius 3 is 2.70 bits per heavy atom. The molecule has 11 nitrogen and oxygen atoms in total. The lowest BCUT2D eigenvalue weighted by Crippen LogP contribution is -2.40. The third kappa shape index (κ3) is 5.06. The van der Waals surface area contributed by atoms with Gasteiger partial charge in [-0.2, -0.15) is 9.61 Å². The van der Waals surface area contributed by atoms with E-state index in [4.69, 9.17) is 19.4 Å². The molecule has 0 unspecified atom stereocenters. The van der Waals surface area contributed by atoms with Crippen LogP contribution in [0, 0.1) is 0 Å². The summed E-state index contributed by atoms with van der Waals surface area (Å²) >= 11 is 0. The fraction of sp³-hybridized carbons (Fsp3) is 0.364. The monoisotopic (exact) mass is 593 g/mol. The molecular formula is C33H35N7O4. The molecule has 44 heavy (non-hydrogen) atoms. The van der Waals surface area contributed by atoms with Gasteiger partial charge in [0.2, 0.25) is 5.91 Å². The van der Waals surface area contributed by atoms with Crippen LogP contribution in [-0.2, 0) is 20.8 Å². The van der Waals surface area contributed by atoms with Crippen LogP contribution in [0.5, 0.6) is 0 Å². The zero-order valence-electron chi connectivity index (χ0n) is 24.9. The van der Waals surface area contributed by atoms with Crippen LogP contribution in [0.3, 0.4) is 0 Å². The van der Waals surface area contributed by atoms with Crippen LogP contribution < -0.4 is 4.90 Å². The normalized spacial score (nSPS) is 17.5. The molecular weight excluding hydrogens is 558 g/mol. The summed E-state index contributed by atoms with van der Waals surface area (Å²) < 4.78 is 14.7. The number of carbonyl (C=O) groups is 2. The predicted octanol–water partition coefficient (Wildman–Crippen LogP) is 4.51. The van der Waals surface area contributed by atoms with E-state index in [9.17, 15) is 9.59 Å². The fourth-order valence-corrected chi connectivity index (χ4v) is 6.46. The number of likely N-dealkylation sites (tertiary alicyclic amines) is 1. The molecule has 4 aromatic heterocycles. The maximum absolute atomic E-state index is 13.2. The number of fused-ring (bicyclic) bond motifs is 2. The number of benzene rings is 1. The highest BCUT2D eigenvalue weighted by atomic mass is 16.5. The van der Waals surface area contributed by atoms with Gasteiger partial charge in [-0.05, 0) is 37.5 Å². The summed E-state index contributed by atoms with van der Waals surface area (Å²) in [4.78, 5) is 40.0. The van der Waals surface area contributed by atoms with Crippen LogP contribution in [0.2, 0.25) is 0 Å². The van der Waals surface area contributed by atoms with Crippen molar-refractivity contribution in [3.05, 3.63) is 78.2 Å².